The molecule has 0 aromatic heterocycles. The summed E-state index contributed by atoms with van der Waals surface area (Å²) in [6, 6.07) is 10.1. The fraction of sp³-hybridized carbons (Fsp3) is 0.600. The highest BCUT2D eigenvalue weighted by molar-refractivity contribution is 7.99. The molecule has 1 aliphatic rings. The molecule has 1 aromatic rings. The van der Waals surface area contributed by atoms with Crippen molar-refractivity contribution in [1.82, 2.24) is 0 Å². The molecule has 0 heterocycles. The lowest BCUT2D eigenvalue weighted by Gasteiger charge is -2.14. The second kappa shape index (κ2) is 7.82. The van der Waals surface area contributed by atoms with Crippen LogP contribution in [0.15, 0.2) is 30.3 Å². The van der Waals surface area contributed by atoms with Gasteiger partial charge in [0, 0.05) is 11.0 Å². The second-order valence-corrected chi connectivity index (χ2v) is 6.23. The molecule has 1 unspecified atom stereocenters. The Morgan fingerprint density at radius 2 is 1.94 bits per heavy atom. The molecular formula is C15H22O2S. The van der Waals surface area contributed by atoms with E-state index in [1.165, 1.54) is 25.7 Å². The number of benzene rings is 1. The summed E-state index contributed by atoms with van der Waals surface area (Å²) in [5.41, 5.74) is 1.16. The summed E-state index contributed by atoms with van der Waals surface area (Å²) in [5, 5.41) is 10.6. The Labute approximate surface area is 114 Å². The molecule has 0 radical (unpaired) electrons. The van der Waals surface area contributed by atoms with Crippen molar-refractivity contribution in [2.45, 2.75) is 43.6 Å². The van der Waals surface area contributed by atoms with Gasteiger partial charge in [-0.25, -0.2) is 0 Å². The maximum atomic E-state index is 9.84. The van der Waals surface area contributed by atoms with Crippen LogP contribution in [0, 0.1) is 0 Å². The van der Waals surface area contributed by atoms with E-state index in [-0.39, 0.29) is 6.10 Å². The van der Waals surface area contributed by atoms with Gasteiger partial charge in [0.05, 0.1) is 19.3 Å². The topological polar surface area (TPSA) is 29.5 Å². The fourth-order valence-electron chi connectivity index (χ4n) is 2.24. The minimum absolute atomic E-state index is 0.334. The number of hydrogen-bond donors (Lipinski definition) is 1. The van der Waals surface area contributed by atoms with Crippen molar-refractivity contribution in [2.24, 2.45) is 0 Å². The Hall–Kier alpha value is -0.510. The van der Waals surface area contributed by atoms with Crippen molar-refractivity contribution < 1.29 is 9.84 Å². The van der Waals surface area contributed by atoms with E-state index in [2.05, 4.69) is 0 Å². The van der Waals surface area contributed by atoms with E-state index in [1.54, 1.807) is 0 Å². The molecule has 100 valence electrons. The van der Waals surface area contributed by atoms with Gasteiger partial charge < -0.3 is 9.84 Å². The average Bonchev–Trinajstić information content (AvgIpc) is 2.91. The SMILES string of the molecule is OC(COCc1ccccc1)CSC1CCCC1. The molecule has 0 amide bonds. The fourth-order valence-corrected chi connectivity index (χ4v) is 3.49. The molecule has 1 aliphatic carbocycles. The summed E-state index contributed by atoms with van der Waals surface area (Å²) >= 11 is 1.91. The van der Waals surface area contributed by atoms with Crippen LogP contribution in [0.2, 0.25) is 0 Å². The lowest BCUT2D eigenvalue weighted by Crippen LogP contribution is -2.19. The van der Waals surface area contributed by atoms with Gasteiger partial charge in [-0.3, -0.25) is 0 Å². The lowest BCUT2D eigenvalue weighted by atomic mass is 10.2. The molecule has 0 spiro atoms. The van der Waals surface area contributed by atoms with E-state index in [1.807, 2.05) is 42.1 Å². The maximum Gasteiger partial charge on any atom is 0.0864 e. The first kappa shape index (κ1) is 13.9. The van der Waals surface area contributed by atoms with Crippen LogP contribution in [-0.2, 0) is 11.3 Å². The third-order valence-electron chi connectivity index (χ3n) is 3.25. The molecule has 0 saturated heterocycles. The first-order chi connectivity index (χ1) is 8.84. The Morgan fingerprint density at radius 1 is 1.22 bits per heavy atom. The van der Waals surface area contributed by atoms with Crippen molar-refractivity contribution in [3.05, 3.63) is 35.9 Å². The highest BCUT2D eigenvalue weighted by Crippen LogP contribution is 2.29. The van der Waals surface area contributed by atoms with Crippen LogP contribution < -0.4 is 0 Å². The van der Waals surface area contributed by atoms with Gasteiger partial charge in [0.1, 0.15) is 0 Å². The van der Waals surface area contributed by atoms with E-state index >= 15 is 0 Å². The molecule has 0 aliphatic heterocycles. The summed E-state index contributed by atoms with van der Waals surface area (Å²) in [7, 11) is 0. The van der Waals surface area contributed by atoms with Crippen LogP contribution in [0.3, 0.4) is 0 Å². The molecule has 0 bridgehead atoms. The van der Waals surface area contributed by atoms with Crippen LogP contribution in [0.4, 0.5) is 0 Å². The molecule has 2 rings (SSSR count). The van der Waals surface area contributed by atoms with E-state index < -0.39 is 0 Å². The zero-order chi connectivity index (χ0) is 12.6. The van der Waals surface area contributed by atoms with Crippen molar-refractivity contribution >= 4 is 11.8 Å². The predicted octanol–water partition coefficient (Wildman–Crippen LogP) is 3.24. The van der Waals surface area contributed by atoms with Crippen LogP contribution in [0.1, 0.15) is 31.2 Å². The molecule has 1 fully saturated rings. The first-order valence-corrected chi connectivity index (χ1v) is 7.81. The molecule has 1 aromatic carbocycles. The van der Waals surface area contributed by atoms with Crippen LogP contribution in [0.25, 0.3) is 0 Å². The van der Waals surface area contributed by atoms with Crippen molar-refractivity contribution in [2.75, 3.05) is 12.4 Å². The number of hydrogen-bond acceptors (Lipinski definition) is 3. The van der Waals surface area contributed by atoms with Crippen LogP contribution in [-0.4, -0.2) is 28.8 Å². The first-order valence-electron chi connectivity index (χ1n) is 6.76. The maximum absolute atomic E-state index is 9.84. The van der Waals surface area contributed by atoms with E-state index in [0.29, 0.717) is 13.2 Å². The third kappa shape index (κ3) is 5.01. The van der Waals surface area contributed by atoms with Gasteiger partial charge in [-0.05, 0) is 18.4 Å². The van der Waals surface area contributed by atoms with Gasteiger partial charge in [-0.1, -0.05) is 43.2 Å². The molecule has 1 atom stereocenters. The van der Waals surface area contributed by atoms with Crippen LogP contribution >= 0.6 is 11.8 Å². The standard InChI is InChI=1S/C15H22O2S/c16-14(12-18-15-8-4-5-9-15)11-17-10-13-6-2-1-3-7-13/h1-3,6-7,14-16H,4-5,8-12H2. The molecule has 1 N–H and O–H groups in total. The number of aliphatic hydroxyl groups is 1. The summed E-state index contributed by atoms with van der Waals surface area (Å²) in [6.45, 7) is 1.03. The normalized spacial score (nSPS) is 18.1. The Balaban J connectivity index is 1.55. The smallest absolute Gasteiger partial charge is 0.0864 e. The van der Waals surface area contributed by atoms with Crippen LogP contribution in [0.5, 0.6) is 0 Å². The van der Waals surface area contributed by atoms with Gasteiger partial charge in [0.2, 0.25) is 0 Å². The summed E-state index contributed by atoms with van der Waals surface area (Å²) in [4.78, 5) is 0. The van der Waals surface area contributed by atoms with E-state index in [9.17, 15) is 5.11 Å². The van der Waals surface area contributed by atoms with Gasteiger partial charge in [-0.2, -0.15) is 11.8 Å². The Bertz CT molecular complexity index is 323. The van der Waals surface area contributed by atoms with E-state index in [0.717, 1.165) is 16.6 Å². The summed E-state index contributed by atoms with van der Waals surface area (Å²) in [6.07, 6.45) is 5.03. The zero-order valence-corrected chi connectivity index (χ0v) is 11.6. The lowest BCUT2D eigenvalue weighted by molar-refractivity contribution is 0.0397. The predicted molar refractivity (Wildman–Crippen MR) is 76.8 cm³/mol. The third-order valence-corrected chi connectivity index (χ3v) is 4.77. The molecular weight excluding hydrogens is 244 g/mol. The van der Waals surface area contributed by atoms with Crippen molar-refractivity contribution in [3.63, 3.8) is 0 Å². The zero-order valence-electron chi connectivity index (χ0n) is 10.8. The number of aliphatic hydroxyl groups excluding tert-OH is 1. The quantitative estimate of drug-likeness (QED) is 0.821. The Morgan fingerprint density at radius 3 is 2.67 bits per heavy atom. The monoisotopic (exact) mass is 266 g/mol. The number of ether oxygens (including phenoxy) is 1. The van der Waals surface area contributed by atoms with Gasteiger partial charge >= 0.3 is 0 Å². The molecule has 18 heavy (non-hydrogen) atoms. The molecule has 1 saturated carbocycles. The van der Waals surface area contributed by atoms with Gasteiger partial charge in [-0.15, -0.1) is 0 Å². The number of rotatable bonds is 7. The molecule has 3 heteroatoms. The van der Waals surface area contributed by atoms with Crippen molar-refractivity contribution in [1.29, 1.82) is 0 Å². The highest BCUT2D eigenvalue weighted by Gasteiger charge is 2.16. The summed E-state index contributed by atoms with van der Waals surface area (Å²) < 4.78 is 5.53. The minimum atomic E-state index is -0.334. The highest BCUT2D eigenvalue weighted by atomic mass is 32.2. The minimum Gasteiger partial charge on any atom is -0.390 e. The second-order valence-electron chi connectivity index (χ2n) is 4.89. The van der Waals surface area contributed by atoms with Crippen molar-refractivity contribution in [3.8, 4) is 0 Å². The average molecular weight is 266 g/mol. The van der Waals surface area contributed by atoms with Gasteiger partial charge in [0.25, 0.3) is 0 Å². The van der Waals surface area contributed by atoms with Gasteiger partial charge in [0.15, 0.2) is 0 Å². The number of thioether (sulfide) groups is 1. The largest absolute Gasteiger partial charge is 0.390 e. The summed E-state index contributed by atoms with van der Waals surface area (Å²) in [5.74, 6) is 0.805. The Kier molecular flexibility index (Phi) is 6.05. The molecule has 2 nitrogen and oxygen atoms in total. The van der Waals surface area contributed by atoms with E-state index in [4.69, 9.17) is 4.74 Å².